The summed E-state index contributed by atoms with van der Waals surface area (Å²) in [6, 6.07) is 13.0. The number of rotatable bonds is 9. The van der Waals surface area contributed by atoms with Crippen LogP contribution in [0.1, 0.15) is 12.0 Å². The summed E-state index contributed by atoms with van der Waals surface area (Å²) in [6.07, 6.45) is 1.44. The Bertz CT molecular complexity index is 887. The summed E-state index contributed by atoms with van der Waals surface area (Å²) in [4.78, 5) is 12.1. The lowest BCUT2D eigenvalue weighted by atomic mass is 10.1. The van der Waals surface area contributed by atoms with Crippen LogP contribution in [0.3, 0.4) is 0 Å². The van der Waals surface area contributed by atoms with Gasteiger partial charge >= 0.3 is 0 Å². The first-order valence-electron chi connectivity index (χ1n) is 8.43. The number of amides is 1. The number of nitrogens with zero attached hydrogens (tertiary/aromatic N) is 1. The number of anilines is 1. The Hall–Kier alpha value is -2.61. The zero-order valence-corrected chi connectivity index (χ0v) is 16.1. The Kier molecular flexibility index (Phi) is 7.18. The first kappa shape index (κ1) is 20.7. The molecule has 8 heteroatoms. The molecule has 0 bridgehead atoms. The van der Waals surface area contributed by atoms with Crippen molar-refractivity contribution in [3.63, 3.8) is 0 Å². The van der Waals surface area contributed by atoms with E-state index in [1.807, 2.05) is 0 Å². The fourth-order valence-electron chi connectivity index (χ4n) is 2.58. The molecule has 1 amide bonds. The molecular formula is C19H23FN2O4S. The molecule has 2 rings (SSSR count). The highest BCUT2D eigenvalue weighted by Crippen LogP contribution is 2.23. The van der Waals surface area contributed by atoms with Crippen LogP contribution >= 0.6 is 0 Å². The van der Waals surface area contributed by atoms with E-state index in [4.69, 9.17) is 4.74 Å². The molecule has 0 fully saturated rings. The summed E-state index contributed by atoms with van der Waals surface area (Å²) in [7, 11) is -2.07. The number of carbonyl (C=O) groups excluding carboxylic acids is 1. The third kappa shape index (κ3) is 6.25. The normalized spacial score (nSPS) is 11.1. The van der Waals surface area contributed by atoms with Crippen molar-refractivity contribution in [1.82, 2.24) is 5.32 Å². The molecule has 2 aromatic rings. The largest absolute Gasteiger partial charge is 0.497 e. The summed E-state index contributed by atoms with van der Waals surface area (Å²) in [6.45, 7) is 0.273. The first-order chi connectivity index (χ1) is 12.8. The quantitative estimate of drug-likeness (QED) is 0.708. The van der Waals surface area contributed by atoms with Gasteiger partial charge in [-0.3, -0.25) is 9.10 Å². The summed E-state index contributed by atoms with van der Waals surface area (Å²) >= 11 is 0. The van der Waals surface area contributed by atoms with Crippen molar-refractivity contribution in [2.24, 2.45) is 0 Å². The monoisotopic (exact) mass is 394 g/mol. The van der Waals surface area contributed by atoms with Crippen molar-refractivity contribution in [3.8, 4) is 5.75 Å². The minimum Gasteiger partial charge on any atom is -0.497 e. The molecule has 0 atom stereocenters. The van der Waals surface area contributed by atoms with Gasteiger partial charge in [-0.15, -0.1) is 0 Å². The zero-order valence-electron chi connectivity index (χ0n) is 15.3. The molecule has 0 saturated carbocycles. The lowest BCUT2D eigenvalue weighted by molar-refractivity contribution is -0.120. The van der Waals surface area contributed by atoms with E-state index in [2.05, 4.69) is 5.32 Å². The fourth-order valence-corrected chi connectivity index (χ4v) is 3.50. The van der Waals surface area contributed by atoms with Gasteiger partial charge in [-0.05, 0) is 30.2 Å². The Morgan fingerprint density at radius 2 is 1.93 bits per heavy atom. The van der Waals surface area contributed by atoms with Crippen LogP contribution in [0.15, 0.2) is 48.5 Å². The van der Waals surface area contributed by atoms with Crippen LogP contribution in [0, 0.1) is 5.82 Å². The van der Waals surface area contributed by atoms with Crippen LogP contribution in [0.25, 0.3) is 0 Å². The maximum Gasteiger partial charge on any atom is 0.232 e. The molecule has 0 aliphatic carbocycles. The second-order valence-electron chi connectivity index (χ2n) is 5.98. The number of benzene rings is 2. The lowest BCUT2D eigenvalue weighted by Gasteiger charge is -2.22. The molecule has 146 valence electrons. The molecule has 0 heterocycles. The molecule has 0 saturated heterocycles. The number of methoxy groups -OCH3 is 1. The highest BCUT2D eigenvalue weighted by Gasteiger charge is 2.19. The molecule has 0 radical (unpaired) electrons. The predicted octanol–water partition coefficient (Wildman–Crippen LogP) is 2.35. The van der Waals surface area contributed by atoms with Gasteiger partial charge in [-0.1, -0.05) is 24.3 Å². The Balaban J connectivity index is 1.92. The number of hydrogen-bond acceptors (Lipinski definition) is 4. The van der Waals surface area contributed by atoms with E-state index in [1.165, 1.54) is 13.2 Å². The molecule has 0 unspecified atom stereocenters. The van der Waals surface area contributed by atoms with Crippen LogP contribution in [0.4, 0.5) is 10.1 Å². The third-order valence-corrected chi connectivity index (χ3v) is 5.15. The van der Waals surface area contributed by atoms with Gasteiger partial charge in [0, 0.05) is 25.6 Å². The smallest absolute Gasteiger partial charge is 0.232 e. The fraction of sp³-hybridized carbons (Fsp3) is 0.316. The van der Waals surface area contributed by atoms with Gasteiger partial charge in [0.2, 0.25) is 15.9 Å². The van der Waals surface area contributed by atoms with Crippen LogP contribution < -0.4 is 14.4 Å². The van der Waals surface area contributed by atoms with Gasteiger partial charge in [0.1, 0.15) is 11.6 Å². The van der Waals surface area contributed by atoms with Gasteiger partial charge in [0.05, 0.1) is 19.1 Å². The van der Waals surface area contributed by atoms with E-state index in [-0.39, 0.29) is 31.2 Å². The minimum absolute atomic E-state index is 0.00245. The van der Waals surface area contributed by atoms with Crippen molar-refractivity contribution in [3.05, 3.63) is 59.9 Å². The molecule has 0 aliphatic heterocycles. The third-order valence-electron chi connectivity index (χ3n) is 3.96. The topological polar surface area (TPSA) is 75.7 Å². The molecule has 0 aliphatic rings. The molecule has 0 aromatic heterocycles. The van der Waals surface area contributed by atoms with E-state index < -0.39 is 10.0 Å². The molecule has 1 N–H and O–H groups in total. The molecule has 2 aromatic carbocycles. The van der Waals surface area contributed by atoms with Crippen LogP contribution in [0.5, 0.6) is 5.75 Å². The highest BCUT2D eigenvalue weighted by molar-refractivity contribution is 7.92. The van der Waals surface area contributed by atoms with Crippen molar-refractivity contribution >= 4 is 21.6 Å². The SMILES string of the molecule is COc1cccc(N(CCC(=O)NCCc2ccccc2F)S(C)(=O)=O)c1. The maximum atomic E-state index is 13.6. The molecule has 27 heavy (non-hydrogen) atoms. The second-order valence-corrected chi connectivity index (χ2v) is 7.88. The van der Waals surface area contributed by atoms with Crippen LogP contribution in [-0.2, 0) is 21.2 Å². The van der Waals surface area contributed by atoms with E-state index in [0.717, 1.165) is 10.6 Å². The average molecular weight is 394 g/mol. The Morgan fingerprint density at radius 3 is 2.59 bits per heavy atom. The number of nitrogens with one attached hydrogen (secondary N) is 1. The summed E-state index contributed by atoms with van der Waals surface area (Å²) in [5.41, 5.74) is 0.947. The molecule has 0 spiro atoms. The summed E-state index contributed by atoms with van der Waals surface area (Å²) < 4.78 is 44.0. The van der Waals surface area contributed by atoms with Crippen molar-refractivity contribution < 1.29 is 22.3 Å². The number of halogens is 1. The van der Waals surface area contributed by atoms with E-state index in [0.29, 0.717) is 23.4 Å². The number of sulfonamides is 1. The number of ether oxygens (including phenoxy) is 1. The highest BCUT2D eigenvalue weighted by atomic mass is 32.2. The summed E-state index contributed by atoms with van der Waals surface area (Å²) in [5.74, 6) is -0.0913. The van der Waals surface area contributed by atoms with E-state index >= 15 is 0 Å². The van der Waals surface area contributed by atoms with E-state index in [1.54, 1.807) is 42.5 Å². The minimum atomic E-state index is -3.56. The van der Waals surface area contributed by atoms with Crippen molar-refractivity contribution in [2.75, 3.05) is 30.8 Å². The number of hydrogen-bond donors (Lipinski definition) is 1. The average Bonchev–Trinajstić information content (AvgIpc) is 2.62. The second kappa shape index (κ2) is 9.36. The maximum absolute atomic E-state index is 13.6. The number of carbonyl (C=O) groups is 1. The zero-order chi connectivity index (χ0) is 19.9. The first-order valence-corrected chi connectivity index (χ1v) is 10.3. The Labute approximate surface area is 159 Å². The van der Waals surface area contributed by atoms with Crippen LogP contribution in [-0.4, -0.2) is 40.8 Å². The summed E-state index contributed by atoms with van der Waals surface area (Å²) in [5, 5.41) is 2.69. The Morgan fingerprint density at radius 1 is 1.19 bits per heavy atom. The predicted molar refractivity (Wildman–Crippen MR) is 103 cm³/mol. The van der Waals surface area contributed by atoms with Gasteiger partial charge in [0.25, 0.3) is 0 Å². The van der Waals surface area contributed by atoms with Crippen molar-refractivity contribution in [1.29, 1.82) is 0 Å². The molecule has 6 nitrogen and oxygen atoms in total. The van der Waals surface area contributed by atoms with Gasteiger partial charge in [0.15, 0.2) is 0 Å². The molecular weight excluding hydrogens is 371 g/mol. The lowest BCUT2D eigenvalue weighted by Crippen LogP contribution is -2.35. The van der Waals surface area contributed by atoms with Gasteiger partial charge in [-0.2, -0.15) is 0 Å². The van der Waals surface area contributed by atoms with Gasteiger partial charge in [-0.25, -0.2) is 12.8 Å². The van der Waals surface area contributed by atoms with E-state index in [9.17, 15) is 17.6 Å². The van der Waals surface area contributed by atoms with Gasteiger partial charge < -0.3 is 10.1 Å². The van der Waals surface area contributed by atoms with Crippen molar-refractivity contribution in [2.45, 2.75) is 12.8 Å². The standard InChI is InChI=1S/C19H23FN2O4S/c1-26-17-8-5-7-16(14-17)22(27(2,24)25)13-11-19(23)21-12-10-15-6-3-4-9-18(15)20/h3-9,14H,10-13H2,1-2H3,(H,21,23). The van der Waals surface area contributed by atoms with Crippen LogP contribution in [0.2, 0.25) is 0 Å².